The van der Waals surface area contributed by atoms with E-state index in [0.29, 0.717) is 26.3 Å². The number of carbonyl (C=O) groups is 1. The van der Waals surface area contributed by atoms with Gasteiger partial charge in [-0.3, -0.25) is 4.90 Å². The smallest absolute Gasteiger partial charge is 0.328 e. The minimum Gasteiger partial charge on any atom is -0.462 e. The van der Waals surface area contributed by atoms with Gasteiger partial charge in [0.1, 0.15) is 12.6 Å². The van der Waals surface area contributed by atoms with Crippen LogP contribution >= 0.6 is 0 Å². The van der Waals surface area contributed by atoms with Crippen molar-refractivity contribution in [2.75, 3.05) is 44.4 Å². The number of ether oxygens (including phenoxy) is 2. The van der Waals surface area contributed by atoms with Gasteiger partial charge in [0.25, 0.3) is 0 Å². The van der Waals surface area contributed by atoms with Crippen LogP contribution in [-0.2, 0) is 24.1 Å². The molecule has 1 aliphatic rings. The number of nitrogens with zero attached hydrogens (tertiary/aromatic N) is 1. The van der Waals surface area contributed by atoms with Crippen LogP contribution in [0.5, 0.6) is 0 Å². The quantitative estimate of drug-likeness (QED) is 0.545. The monoisotopic (exact) mass is 341 g/mol. The third-order valence-electron chi connectivity index (χ3n) is 3.76. The second-order valence-electron chi connectivity index (χ2n) is 5.37. The third-order valence-corrected chi connectivity index (χ3v) is 5.37. The van der Waals surface area contributed by atoms with Gasteiger partial charge in [-0.2, -0.15) is 0 Å². The van der Waals surface area contributed by atoms with Crippen molar-refractivity contribution in [3.05, 3.63) is 35.9 Å². The van der Waals surface area contributed by atoms with Crippen LogP contribution in [0, 0.1) is 0 Å². The van der Waals surface area contributed by atoms with Crippen molar-refractivity contribution in [2.45, 2.75) is 13.0 Å². The number of benzene rings is 1. The van der Waals surface area contributed by atoms with Crippen LogP contribution in [0.3, 0.4) is 0 Å². The van der Waals surface area contributed by atoms with Gasteiger partial charge in [-0.1, -0.05) is 30.3 Å². The van der Waals surface area contributed by atoms with E-state index in [1.807, 2.05) is 42.2 Å². The summed E-state index contributed by atoms with van der Waals surface area (Å²) in [6.07, 6.45) is 0. The zero-order valence-corrected chi connectivity index (χ0v) is 14.1. The normalized spacial score (nSPS) is 19.2. The maximum atomic E-state index is 12.5. The summed E-state index contributed by atoms with van der Waals surface area (Å²) in [4.78, 5) is 14.4. The summed E-state index contributed by atoms with van der Waals surface area (Å²) in [6, 6.07) is 8.73. The van der Waals surface area contributed by atoms with Crippen LogP contribution < -0.4 is 0 Å². The summed E-state index contributed by atoms with van der Waals surface area (Å²) in [5.74, 6) is -0.222. The molecular formula is C16H23NO5S. The van der Waals surface area contributed by atoms with E-state index in [0.717, 1.165) is 5.56 Å². The minimum atomic E-state index is -3.00. The van der Waals surface area contributed by atoms with Crippen LogP contribution in [0.4, 0.5) is 0 Å². The van der Waals surface area contributed by atoms with E-state index < -0.39 is 15.9 Å². The van der Waals surface area contributed by atoms with Gasteiger partial charge in [-0.05, 0) is 12.5 Å². The molecule has 0 aromatic heterocycles. The van der Waals surface area contributed by atoms with Gasteiger partial charge in [0.2, 0.25) is 0 Å². The summed E-state index contributed by atoms with van der Waals surface area (Å²) in [5.41, 5.74) is 0.813. The van der Waals surface area contributed by atoms with Crippen LogP contribution in [-0.4, -0.2) is 63.7 Å². The lowest BCUT2D eigenvalue weighted by Gasteiger charge is -2.33. The number of hydrogen-bond donors (Lipinski definition) is 0. The molecule has 1 unspecified atom stereocenters. The zero-order valence-electron chi connectivity index (χ0n) is 13.3. The van der Waals surface area contributed by atoms with Gasteiger partial charge in [-0.15, -0.1) is 0 Å². The molecule has 0 aliphatic carbocycles. The lowest BCUT2D eigenvalue weighted by atomic mass is 10.1. The Hall–Kier alpha value is -1.44. The Balaban J connectivity index is 2.08. The number of sulfone groups is 1. The third kappa shape index (κ3) is 5.30. The van der Waals surface area contributed by atoms with E-state index in [1.54, 1.807) is 0 Å². The highest BCUT2D eigenvalue weighted by Gasteiger charge is 2.33. The fourth-order valence-electron chi connectivity index (χ4n) is 2.54. The Morgan fingerprint density at radius 3 is 2.43 bits per heavy atom. The number of rotatable bonds is 7. The predicted molar refractivity (Wildman–Crippen MR) is 86.9 cm³/mol. The van der Waals surface area contributed by atoms with Crippen LogP contribution in [0.15, 0.2) is 30.3 Å². The highest BCUT2D eigenvalue weighted by molar-refractivity contribution is 7.91. The highest BCUT2D eigenvalue weighted by atomic mass is 32.2. The van der Waals surface area contributed by atoms with E-state index in [1.165, 1.54) is 0 Å². The maximum absolute atomic E-state index is 12.5. The van der Waals surface area contributed by atoms with Crippen molar-refractivity contribution in [3.8, 4) is 0 Å². The van der Waals surface area contributed by atoms with E-state index in [4.69, 9.17) is 9.47 Å². The van der Waals surface area contributed by atoms with Gasteiger partial charge in [0, 0.05) is 19.7 Å². The zero-order chi connectivity index (χ0) is 16.7. The highest BCUT2D eigenvalue weighted by Crippen LogP contribution is 2.24. The van der Waals surface area contributed by atoms with E-state index >= 15 is 0 Å². The van der Waals surface area contributed by atoms with Crippen LogP contribution in [0.25, 0.3) is 0 Å². The molecule has 6 nitrogen and oxygen atoms in total. The van der Waals surface area contributed by atoms with Crippen molar-refractivity contribution in [1.82, 2.24) is 4.90 Å². The minimum absolute atomic E-state index is 0.0720. The van der Waals surface area contributed by atoms with Gasteiger partial charge >= 0.3 is 5.97 Å². The molecule has 1 aromatic rings. The standard InChI is InChI=1S/C16H23NO5S/c1-2-21-10-11-22-16(18)15(14-6-4-3-5-7-14)17-8-12-23(19,20)13-9-17/h3-7,15H,2,8-13H2,1H3. The molecule has 0 spiro atoms. The summed E-state index contributed by atoms with van der Waals surface area (Å²) in [6.45, 7) is 3.68. The second-order valence-corrected chi connectivity index (χ2v) is 7.67. The lowest BCUT2D eigenvalue weighted by Crippen LogP contribution is -2.45. The first-order chi connectivity index (χ1) is 11.0. The number of hydrogen-bond acceptors (Lipinski definition) is 6. The molecule has 1 aliphatic heterocycles. The van der Waals surface area contributed by atoms with Crippen molar-refractivity contribution in [2.24, 2.45) is 0 Å². The molecule has 1 atom stereocenters. The molecule has 0 saturated carbocycles. The van der Waals surface area contributed by atoms with Crippen molar-refractivity contribution in [3.63, 3.8) is 0 Å². The van der Waals surface area contributed by atoms with Gasteiger partial charge in [0.15, 0.2) is 9.84 Å². The van der Waals surface area contributed by atoms with Gasteiger partial charge in [-0.25, -0.2) is 13.2 Å². The molecule has 1 aromatic carbocycles. The Labute approximate surface area is 137 Å². The first kappa shape index (κ1) is 17.9. The largest absolute Gasteiger partial charge is 0.462 e. The lowest BCUT2D eigenvalue weighted by molar-refractivity contribution is -0.151. The summed E-state index contributed by atoms with van der Waals surface area (Å²) in [5, 5.41) is 0. The van der Waals surface area contributed by atoms with Crippen molar-refractivity contribution in [1.29, 1.82) is 0 Å². The summed E-state index contributed by atoms with van der Waals surface area (Å²) >= 11 is 0. The van der Waals surface area contributed by atoms with E-state index in [2.05, 4.69) is 0 Å². The number of carbonyl (C=O) groups excluding carboxylic acids is 1. The van der Waals surface area contributed by atoms with Crippen molar-refractivity contribution < 1.29 is 22.7 Å². The van der Waals surface area contributed by atoms with Crippen LogP contribution in [0.1, 0.15) is 18.5 Å². The molecule has 128 valence electrons. The average Bonchev–Trinajstić information content (AvgIpc) is 2.54. The molecule has 1 fully saturated rings. The Morgan fingerprint density at radius 2 is 1.83 bits per heavy atom. The molecular weight excluding hydrogens is 318 g/mol. The SMILES string of the molecule is CCOCCOC(=O)C(c1ccccc1)N1CCS(=O)(=O)CC1. The van der Waals surface area contributed by atoms with Crippen LogP contribution in [0.2, 0.25) is 0 Å². The van der Waals surface area contributed by atoms with E-state index in [9.17, 15) is 13.2 Å². The maximum Gasteiger partial charge on any atom is 0.328 e. The molecule has 1 heterocycles. The first-order valence-corrected chi connectivity index (χ1v) is 9.59. The topological polar surface area (TPSA) is 72.9 Å². The molecule has 1 saturated heterocycles. The predicted octanol–water partition coefficient (Wildman–Crippen LogP) is 1.04. The first-order valence-electron chi connectivity index (χ1n) is 7.77. The average molecular weight is 341 g/mol. The molecule has 7 heteroatoms. The molecule has 0 amide bonds. The van der Waals surface area contributed by atoms with Gasteiger partial charge < -0.3 is 9.47 Å². The summed E-state index contributed by atoms with van der Waals surface area (Å²) in [7, 11) is -3.00. The van der Waals surface area contributed by atoms with E-state index in [-0.39, 0.29) is 24.1 Å². The Kier molecular flexibility index (Phi) is 6.56. The molecule has 0 N–H and O–H groups in total. The Morgan fingerprint density at radius 1 is 1.17 bits per heavy atom. The number of esters is 1. The Bertz CT molecular complexity index is 588. The van der Waals surface area contributed by atoms with Crippen molar-refractivity contribution >= 4 is 15.8 Å². The molecule has 0 bridgehead atoms. The molecule has 23 heavy (non-hydrogen) atoms. The molecule has 2 rings (SSSR count). The fraction of sp³-hybridized carbons (Fsp3) is 0.562. The summed E-state index contributed by atoms with van der Waals surface area (Å²) < 4.78 is 33.7. The molecule has 0 radical (unpaired) electrons. The second kappa shape index (κ2) is 8.42. The van der Waals surface area contributed by atoms with Gasteiger partial charge in [0.05, 0.1) is 18.1 Å². The fourth-order valence-corrected chi connectivity index (χ4v) is 3.77.